The summed E-state index contributed by atoms with van der Waals surface area (Å²) in [5.41, 5.74) is 2.60. The van der Waals surface area contributed by atoms with Crippen molar-refractivity contribution in [1.29, 1.82) is 5.26 Å². The van der Waals surface area contributed by atoms with Crippen LogP contribution in [0.3, 0.4) is 0 Å². The van der Waals surface area contributed by atoms with Gasteiger partial charge in [-0.15, -0.1) is 0 Å². The van der Waals surface area contributed by atoms with E-state index in [9.17, 15) is 19.6 Å². The number of amides is 1. The molecule has 1 amide bonds. The van der Waals surface area contributed by atoms with Crippen LogP contribution >= 0.6 is 24.0 Å². The summed E-state index contributed by atoms with van der Waals surface area (Å²) in [6, 6.07) is 16.9. The molecule has 0 radical (unpaired) electrons. The zero-order chi connectivity index (χ0) is 35.4. The van der Waals surface area contributed by atoms with Gasteiger partial charge in [-0.25, -0.2) is 4.68 Å². The van der Waals surface area contributed by atoms with Crippen LogP contribution in [0.1, 0.15) is 47.7 Å². The number of aromatic nitrogens is 3. The summed E-state index contributed by atoms with van der Waals surface area (Å²) >= 11 is 6.76. The average Bonchev–Trinajstić information content (AvgIpc) is 3.50. The zero-order valence-electron chi connectivity index (χ0n) is 28.3. The lowest BCUT2D eigenvalue weighted by Crippen LogP contribution is -2.33. The number of carbonyl (C=O) groups excluding carboxylic acids is 1. The van der Waals surface area contributed by atoms with Crippen molar-refractivity contribution in [3.63, 3.8) is 0 Å². The lowest BCUT2D eigenvalue weighted by atomic mass is 10.0. The smallest absolute Gasteiger partial charge is 0.296 e. The number of ether oxygens (including phenoxy) is 2. The second-order valence-corrected chi connectivity index (χ2v) is 13.2. The van der Waals surface area contributed by atoms with Gasteiger partial charge >= 0.3 is 0 Å². The molecular weight excluding hydrogens is 661 g/mol. The molecule has 0 aliphatic carbocycles. The largest absolute Gasteiger partial charge is 0.493 e. The molecule has 1 N–H and O–H groups in total. The lowest BCUT2D eigenvalue weighted by molar-refractivity contribution is -0.113. The van der Waals surface area contributed by atoms with Crippen LogP contribution in [0, 0.1) is 25.2 Å². The number of thiocarbonyl (C=S) groups is 1. The molecule has 13 heteroatoms. The van der Waals surface area contributed by atoms with Crippen LogP contribution in [0.2, 0.25) is 0 Å². The van der Waals surface area contributed by atoms with E-state index < -0.39 is 11.5 Å². The minimum absolute atomic E-state index is 0.00734. The molecule has 1 fully saturated rings. The van der Waals surface area contributed by atoms with Crippen molar-refractivity contribution in [3.8, 4) is 23.3 Å². The molecule has 4 aromatic rings. The van der Waals surface area contributed by atoms with E-state index in [4.69, 9.17) is 21.7 Å². The molecule has 0 atom stereocenters. The van der Waals surface area contributed by atoms with Crippen LogP contribution < -0.4 is 30.8 Å². The fourth-order valence-electron chi connectivity index (χ4n) is 5.85. The van der Waals surface area contributed by atoms with Crippen LogP contribution in [0.15, 0.2) is 63.0 Å². The molecule has 1 aliphatic rings. The van der Waals surface area contributed by atoms with E-state index in [-0.39, 0.29) is 26.0 Å². The lowest BCUT2D eigenvalue weighted by Gasteiger charge is -2.20. The molecule has 2 aromatic heterocycles. The highest BCUT2D eigenvalue weighted by molar-refractivity contribution is 8.27. The Bertz CT molecular complexity index is 2120. The topological polar surface area (TPSA) is 124 Å². The Morgan fingerprint density at radius 3 is 2.39 bits per heavy atom. The molecule has 5 rings (SSSR count). The number of thioether (sulfide) groups is 1. The van der Waals surface area contributed by atoms with E-state index >= 15 is 0 Å². The van der Waals surface area contributed by atoms with Gasteiger partial charge < -0.3 is 14.8 Å². The predicted molar refractivity (Wildman–Crippen MR) is 198 cm³/mol. The molecule has 1 saturated heterocycles. The quantitative estimate of drug-likeness (QED) is 0.147. The van der Waals surface area contributed by atoms with Crippen molar-refractivity contribution >= 4 is 51.8 Å². The van der Waals surface area contributed by atoms with E-state index in [1.807, 2.05) is 55.5 Å². The summed E-state index contributed by atoms with van der Waals surface area (Å²) in [4.78, 5) is 43.1. The summed E-state index contributed by atoms with van der Waals surface area (Å²) in [6.45, 7) is 6.32. The third kappa shape index (κ3) is 6.66. The number of methoxy groups -OCH3 is 2. The van der Waals surface area contributed by atoms with Crippen molar-refractivity contribution < 1.29 is 14.3 Å². The maximum Gasteiger partial charge on any atom is 0.296 e. The van der Waals surface area contributed by atoms with Crippen LogP contribution in [-0.2, 0) is 24.8 Å². The fourth-order valence-corrected chi connectivity index (χ4v) is 7.10. The fraction of sp³-hybridized carbons (Fsp3) is 0.306. The Balaban J connectivity index is 1.57. The van der Waals surface area contributed by atoms with Crippen molar-refractivity contribution in [1.82, 2.24) is 13.9 Å². The first-order valence-corrected chi connectivity index (χ1v) is 17.0. The molecule has 0 unspecified atom stereocenters. The number of pyridine rings is 1. The first-order chi connectivity index (χ1) is 23.6. The van der Waals surface area contributed by atoms with Crippen LogP contribution in [0.4, 0.5) is 11.5 Å². The maximum absolute atomic E-state index is 14.1. The van der Waals surface area contributed by atoms with Crippen molar-refractivity contribution in [2.75, 3.05) is 31.0 Å². The number of nitriles is 1. The molecule has 11 nitrogen and oxygen atoms in total. The van der Waals surface area contributed by atoms with E-state index in [1.165, 1.54) is 9.58 Å². The Hall–Kier alpha value is -5.06. The van der Waals surface area contributed by atoms with Crippen LogP contribution in [0.25, 0.3) is 11.8 Å². The molecule has 2 aromatic carbocycles. The highest BCUT2D eigenvalue weighted by Gasteiger charge is 2.38. The summed E-state index contributed by atoms with van der Waals surface area (Å²) in [7, 11) is 4.92. The Morgan fingerprint density at radius 2 is 1.73 bits per heavy atom. The first kappa shape index (κ1) is 35.3. The number of rotatable bonds is 12. The molecule has 0 saturated carbocycles. The summed E-state index contributed by atoms with van der Waals surface area (Å²) in [5, 5.41) is 13.5. The molecule has 3 heterocycles. The third-order valence-electron chi connectivity index (χ3n) is 8.58. The average molecular weight is 699 g/mol. The number of hydrogen-bond acceptors (Lipinski definition) is 9. The second kappa shape index (κ2) is 15.0. The van der Waals surface area contributed by atoms with E-state index in [0.717, 1.165) is 23.7 Å². The molecular formula is C36H38N6O5S2. The van der Waals surface area contributed by atoms with Gasteiger partial charge in [-0.1, -0.05) is 61.6 Å². The number of carbonyl (C=O) groups is 1. The normalized spacial score (nSPS) is 13.7. The van der Waals surface area contributed by atoms with Crippen molar-refractivity contribution in [2.45, 2.75) is 46.6 Å². The van der Waals surface area contributed by atoms with Gasteiger partial charge in [0.25, 0.3) is 17.0 Å². The summed E-state index contributed by atoms with van der Waals surface area (Å²) in [6.07, 6.45) is 3.80. The van der Waals surface area contributed by atoms with E-state index in [1.54, 1.807) is 50.4 Å². The highest BCUT2D eigenvalue weighted by atomic mass is 32.2. The van der Waals surface area contributed by atoms with Crippen LogP contribution in [-0.4, -0.2) is 44.9 Å². The molecule has 49 heavy (non-hydrogen) atoms. The Morgan fingerprint density at radius 1 is 1.02 bits per heavy atom. The zero-order valence-corrected chi connectivity index (χ0v) is 30.0. The van der Waals surface area contributed by atoms with Gasteiger partial charge in [0, 0.05) is 25.7 Å². The number of hydrogen-bond donors (Lipinski definition) is 1. The van der Waals surface area contributed by atoms with Gasteiger partial charge in [0.15, 0.2) is 15.8 Å². The van der Waals surface area contributed by atoms with Gasteiger partial charge in [-0.05, 0) is 68.2 Å². The summed E-state index contributed by atoms with van der Waals surface area (Å²) < 4.78 is 15.8. The monoisotopic (exact) mass is 698 g/mol. The van der Waals surface area contributed by atoms with Gasteiger partial charge in [-0.3, -0.25) is 28.5 Å². The predicted octanol–water partition coefficient (Wildman–Crippen LogP) is 5.70. The standard InChI is InChI=1S/C36H38N6O5S2/c1-7-8-18-40-32(38-17-16-24-14-15-28(46-5)29(19-24)47-6)26(22(2)27(21-37)33(40)43)20-30-34(44)41(36(48)49-30)31-23(3)39(4)42(35(31)45)25-12-10-9-11-13-25/h9-15,19-20,38H,7-8,16-18H2,1-6H3/b30-20+. The second-order valence-electron chi connectivity index (χ2n) is 11.5. The van der Waals surface area contributed by atoms with Crippen LogP contribution in [0.5, 0.6) is 11.5 Å². The molecule has 0 spiro atoms. The Labute approximate surface area is 294 Å². The maximum atomic E-state index is 14.1. The van der Waals surface area contributed by atoms with Gasteiger partial charge in [0.1, 0.15) is 23.1 Å². The van der Waals surface area contributed by atoms with Crippen molar-refractivity contribution in [3.05, 3.63) is 102 Å². The number of nitrogens with zero attached hydrogens (tertiary/aromatic N) is 5. The Kier molecular flexibility index (Phi) is 10.8. The molecule has 0 bridgehead atoms. The van der Waals surface area contributed by atoms with Crippen molar-refractivity contribution in [2.24, 2.45) is 7.05 Å². The number of para-hydroxylation sites is 1. The van der Waals surface area contributed by atoms with Gasteiger partial charge in [-0.2, -0.15) is 5.26 Å². The van der Waals surface area contributed by atoms with Gasteiger partial charge in [0.2, 0.25) is 0 Å². The minimum Gasteiger partial charge on any atom is -0.493 e. The first-order valence-electron chi connectivity index (χ1n) is 15.8. The molecule has 254 valence electrons. The minimum atomic E-state index is -0.457. The van der Waals surface area contributed by atoms with E-state index in [0.29, 0.717) is 65.8 Å². The SMILES string of the molecule is CCCCn1c(NCCc2ccc(OC)c(OC)c2)c(/C=C2/SC(=S)N(c3c(C)n(C)n(-c4ccccc4)c3=O)C2=O)c(C)c(C#N)c1=O. The number of benzene rings is 2. The van der Waals surface area contributed by atoms with E-state index in [2.05, 4.69) is 11.4 Å². The highest BCUT2D eigenvalue weighted by Crippen LogP contribution is 2.38. The number of anilines is 2. The molecule has 1 aliphatic heterocycles. The number of unbranched alkanes of at least 4 members (excludes halogenated alkanes) is 1. The van der Waals surface area contributed by atoms with Gasteiger partial charge in [0.05, 0.1) is 30.5 Å². The summed E-state index contributed by atoms with van der Waals surface area (Å²) in [5.74, 6) is 1.28. The third-order valence-corrected chi connectivity index (χ3v) is 9.88. The number of nitrogens with one attached hydrogen (secondary N) is 1.